The number of rotatable bonds is 3. The van der Waals surface area contributed by atoms with Gasteiger partial charge in [0, 0.05) is 10.9 Å². The summed E-state index contributed by atoms with van der Waals surface area (Å²) >= 11 is 0. The second kappa shape index (κ2) is 10.8. The van der Waals surface area contributed by atoms with Gasteiger partial charge in [0.2, 0.25) is 0 Å². The molecule has 0 bridgehead atoms. The molecule has 1 aliphatic carbocycles. The molecule has 0 fully saturated rings. The number of hydrogen-bond donors (Lipinski definition) is 0. The first kappa shape index (κ1) is 30.6. The van der Waals surface area contributed by atoms with Gasteiger partial charge in [0.15, 0.2) is 0 Å². The largest absolute Gasteiger partial charge is 0.456 e. The van der Waals surface area contributed by atoms with Crippen molar-refractivity contribution in [1.29, 1.82) is 0 Å². The molecule has 50 heavy (non-hydrogen) atoms. The van der Waals surface area contributed by atoms with Gasteiger partial charge in [0.05, 0.1) is 5.41 Å². The number of ether oxygens (including phenoxy) is 1. The van der Waals surface area contributed by atoms with E-state index >= 15 is 0 Å². The second-order valence-corrected chi connectivity index (χ2v) is 16.1. The number of fused-ring (bicyclic) bond motifs is 5. The highest BCUT2D eigenvalue weighted by molar-refractivity contribution is 6.12. The van der Waals surface area contributed by atoms with Crippen LogP contribution < -0.4 is 4.74 Å². The molecule has 2 aliphatic rings. The molecule has 0 atom stereocenters. The highest BCUT2D eigenvalue weighted by Gasteiger charge is 2.47. The lowest BCUT2D eigenvalue weighted by molar-refractivity contribution is 0.487. The zero-order valence-electron chi connectivity index (χ0n) is 29.8. The Labute approximate surface area is 296 Å². The van der Waals surface area contributed by atoms with Gasteiger partial charge in [-0.25, -0.2) is 0 Å². The molecule has 0 radical (unpaired) electrons. The lowest BCUT2D eigenvalue weighted by Gasteiger charge is -2.35. The molecule has 1 aliphatic heterocycles. The van der Waals surface area contributed by atoms with Crippen LogP contribution in [0.1, 0.15) is 74.9 Å². The first-order valence-corrected chi connectivity index (χ1v) is 17.9. The van der Waals surface area contributed by atoms with Crippen molar-refractivity contribution >= 4 is 10.8 Å². The molecule has 9 rings (SSSR count). The van der Waals surface area contributed by atoms with E-state index in [4.69, 9.17) is 4.74 Å². The fraction of sp³-hybridized carbons (Fsp3) is 0.184. The van der Waals surface area contributed by atoms with Gasteiger partial charge in [-0.1, -0.05) is 175 Å². The molecular weight excluding hydrogens is 605 g/mol. The first-order chi connectivity index (χ1) is 24.1. The monoisotopic (exact) mass is 646 g/mol. The Balaban J connectivity index is 1.35. The fourth-order valence-corrected chi connectivity index (χ4v) is 8.60. The van der Waals surface area contributed by atoms with Crippen LogP contribution in [-0.2, 0) is 16.2 Å². The maximum Gasteiger partial charge on any atom is 0.135 e. The molecule has 1 heteroatoms. The minimum atomic E-state index is -0.483. The molecule has 0 spiro atoms. The molecule has 0 saturated heterocycles. The summed E-state index contributed by atoms with van der Waals surface area (Å²) in [5, 5.41) is 2.39. The van der Waals surface area contributed by atoms with Crippen LogP contribution in [0.2, 0.25) is 0 Å². The maximum atomic E-state index is 6.50. The van der Waals surface area contributed by atoms with E-state index in [1.54, 1.807) is 0 Å². The van der Waals surface area contributed by atoms with Gasteiger partial charge in [-0.2, -0.15) is 0 Å². The third-order valence-corrected chi connectivity index (χ3v) is 11.1. The van der Waals surface area contributed by atoms with E-state index in [9.17, 15) is 0 Å². The van der Waals surface area contributed by atoms with Gasteiger partial charge in [-0.15, -0.1) is 0 Å². The number of benzene rings is 7. The van der Waals surface area contributed by atoms with E-state index in [0.717, 1.165) is 17.1 Å². The summed E-state index contributed by atoms with van der Waals surface area (Å²) < 4.78 is 6.50. The summed E-state index contributed by atoms with van der Waals surface area (Å²) in [7, 11) is 0. The van der Waals surface area contributed by atoms with Crippen LogP contribution in [0.25, 0.3) is 44.2 Å². The highest BCUT2D eigenvalue weighted by Crippen LogP contribution is 2.59. The molecule has 0 aromatic heterocycles. The van der Waals surface area contributed by atoms with E-state index in [1.807, 2.05) is 6.07 Å². The summed E-state index contributed by atoms with van der Waals surface area (Å²) in [5.74, 6) is 1.83. The van der Waals surface area contributed by atoms with E-state index in [0.29, 0.717) is 0 Å². The molecule has 0 saturated carbocycles. The smallest absolute Gasteiger partial charge is 0.135 e. The van der Waals surface area contributed by atoms with Gasteiger partial charge in [0.25, 0.3) is 0 Å². The third-order valence-electron chi connectivity index (χ3n) is 11.1. The average molecular weight is 647 g/mol. The van der Waals surface area contributed by atoms with Crippen molar-refractivity contribution in [1.82, 2.24) is 0 Å². The Kier molecular flexibility index (Phi) is 6.62. The van der Waals surface area contributed by atoms with Crippen molar-refractivity contribution in [2.75, 3.05) is 0 Å². The third kappa shape index (κ3) is 4.39. The van der Waals surface area contributed by atoms with E-state index in [-0.39, 0.29) is 10.8 Å². The van der Waals surface area contributed by atoms with Crippen LogP contribution in [0.5, 0.6) is 11.5 Å². The Morgan fingerprint density at radius 3 is 1.60 bits per heavy atom. The van der Waals surface area contributed by atoms with Crippen molar-refractivity contribution in [3.8, 4) is 44.9 Å². The number of hydrogen-bond acceptors (Lipinski definition) is 1. The van der Waals surface area contributed by atoms with Crippen molar-refractivity contribution in [2.24, 2.45) is 0 Å². The molecule has 244 valence electrons. The van der Waals surface area contributed by atoms with Crippen molar-refractivity contribution < 1.29 is 4.74 Å². The molecule has 1 heterocycles. The van der Waals surface area contributed by atoms with E-state index < -0.39 is 5.41 Å². The van der Waals surface area contributed by atoms with E-state index in [1.165, 1.54) is 72.0 Å². The normalized spacial score (nSPS) is 14.1. The van der Waals surface area contributed by atoms with Gasteiger partial charge < -0.3 is 4.74 Å². The molecule has 0 amide bonds. The molecule has 0 N–H and O–H groups in total. The SMILES string of the molecule is CC(C)(C)c1ccc(C2(c3ccc(C(C)(C)C)cc3)c3ccccc3-c3c(-c4ccc5c6c(cccc46)-c4ccccc4O5)cccc32)cc1. The van der Waals surface area contributed by atoms with Gasteiger partial charge in [-0.05, 0) is 89.5 Å². The van der Waals surface area contributed by atoms with Crippen LogP contribution in [0.4, 0.5) is 0 Å². The minimum absolute atomic E-state index is 0.0671. The quantitative estimate of drug-likeness (QED) is 0.186. The molecule has 1 nitrogen and oxygen atoms in total. The lowest BCUT2D eigenvalue weighted by Crippen LogP contribution is -2.29. The van der Waals surface area contributed by atoms with Crippen LogP contribution in [0, 0.1) is 0 Å². The van der Waals surface area contributed by atoms with Crippen molar-refractivity contribution in [3.63, 3.8) is 0 Å². The standard InChI is InChI=1S/C49H42O/c1-47(2,3)31-21-25-33(26-22-31)49(34-27-23-32(24-28-34)48(4,5)6)41-18-9-7-14-40(41)45-37(17-12-19-42(45)49)35-29-30-44-46-38(35)15-11-16-39(46)36-13-8-10-20-43(36)50-44/h7-30H,1-6H3. The Bertz CT molecular complexity index is 2390. The zero-order chi connectivity index (χ0) is 34.4. The predicted molar refractivity (Wildman–Crippen MR) is 210 cm³/mol. The molecule has 7 aromatic carbocycles. The second-order valence-electron chi connectivity index (χ2n) is 16.1. The lowest BCUT2D eigenvalue weighted by atomic mass is 9.66. The first-order valence-electron chi connectivity index (χ1n) is 17.9. The topological polar surface area (TPSA) is 9.23 Å². The summed E-state index contributed by atoms with van der Waals surface area (Å²) in [5.41, 5.74) is 15.0. The van der Waals surface area contributed by atoms with Crippen molar-refractivity contribution in [2.45, 2.75) is 57.8 Å². The summed E-state index contributed by atoms with van der Waals surface area (Å²) in [6, 6.07) is 54.5. The summed E-state index contributed by atoms with van der Waals surface area (Å²) in [6.45, 7) is 13.7. The average Bonchev–Trinajstić information content (AvgIpc) is 3.43. The Hall–Kier alpha value is -5.40. The Morgan fingerprint density at radius 1 is 0.400 bits per heavy atom. The Morgan fingerprint density at radius 2 is 0.940 bits per heavy atom. The van der Waals surface area contributed by atoms with Crippen LogP contribution in [0.3, 0.4) is 0 Å². The molecule has 7 aromatic rings. The minimum Gasteiger partial charge on any atom is -0.456 e. The van der Waals surface area contributed by atoms with Gasteiger partial charge >= 0.3 is 0 Å². The molecule has 0 unspecified atom stereocenters. The van der Waals surface area contributed by atoms with Gasteiger partial charge in [0.1, 0.15) is 11.5 Å². The number of para-hydroxylation sites is 1. The zero-order valence-corrected chi connectivity index (χ0v) is 29.8. The van der Waals surface area contributed by atoms with E-state index in [2.05, 4.69) is 181 Å². The highest BCUT2D eigenvalue weighted by atomic mass is 16.5. The maximum absolute atomic E-state index is 6.50. The molecular formula is C49H42O. The summed E-state index contributed by atoms with van der Waals surface area (Å²) in [6.07, 6.45) is 0. The fourth-order valence-electron chi connectivity index (χ4n) is 8.60. The van der Waals surface area contributed by atoms with Crippen LogP contribution in [0.15, 0.2) is 146 Å². The van der Waals surface area contributed by atoms with Crippen molar-refractivity contribution in [3.05, 3.63) is 179 Å². The van der Waals surface area contributed by atoms with Crippen LogP contribution in [-0.4, -0.2) is 0 Å². The van der Waals surface area contributed by atoms with Gasteiger partial charge in [-0.3, -0.25) is 0 Å². The predicted octanol–water partition coefficient (Wildman–Crippen LogP) is 13.2. The van der Waals surface area contributed by atoms with Crippen LogP contribution >= 0.6 is 0 Å². The summed E-state index contributed by atoms with van der Waals surface area (Å²) in [4.78, 5) is 0.